The van der Waals surface area contributed by atoms with Crippen LogP contribution in [0.25, 0.3) is 0 Å². The molecule has 2 aliphatic rings. The second kappa shape index (κ2) is 5.75. The second-order valence-electron chi connectivity index (χ2n) is 5.90. The standard InChI is InChI=1S/C14H21NO3S2/c16-8-7-13-5-6-14(19-13)20(17,18)15(9-11-1-2-11)10-12-3-4-12/h5-6,11-12,16H,1-4,7-10H2. The Labute approximate surface area is 124 Å². The van der Waals surface area contributed by atoms with Crippen LogP contribution in [0.15, 0.2) is 16.3 Å². The number of hydrogen-bond donors (Lipinski definition) is 1. The van der Waals surface area contributed by atoms with Crippen LogP contribution in [0.1, 0.15) is 30.6 Å². The molecule has 0 amide bonds. The Morgan fingerprint density at radius 2 is 1.75 bits per heavy atom. The Hall–Kier alpha value is -0.430. The second-order valence-corrected chi connectivity index (χ2v) is 9.24. The molecule has 1 aromatic rings. The average molecular weight is 315 g/mol. The quantitative estimate of drug-likeness (QED) is 0.799. The Kier molecular flexibility index (Phi) is 4.17. The predicted molar refractivity (Wildman–Crippen MR) is 79.3 cm³/mol. The summed E-state index contributed by atoms with van der Waals surface area (Å²) in [5.74, 6) is 1.14. The molecular formula is C14H21NO3S2. The van der Waals surface area contributed by atoms with Crippen LogP contribution in [0, 0.1) is 11.8 Å². The lowest BCUT2D eigenvalue weighted by atomic mass is 10.4. The lowest BCUT2D eigenvalue weighted by Crippen LogP contribution is -2.34. The van der Waals surface area contributed by atoms with Crippen molar-refractivity contribution in [3.63, 3.8) is 0 Å². The number of rotatable bonds is 8. The molecule has 0 atom stereocenters. The summed E-state index contributed by atoms with van der Waals surface area (Å²) in [7, 11) is -3.34. The van der Waals surface area contributed by atoms with Crippen LogP contribution in [0.4, 0.5) is 0 Å². The maximum absolute atomic E-state index is 12.8. The zero-order valence-electron chi connectivity index (χ0n) is 11.5. The van der Waals surface area contributed by atoms with Gasteiger partial charge in [0.05, 0.1) is 0 Å². The van der Waals surface area contributed by atoms with Crippen LogP contribution in [-0.4, -0.2) is 37.5 Å². The number of aliphatic hydroxyl groups is 1. The van der Waals surface area contributed by atoms with Gasteiger partial charge in [0.25, 0.3) is 10.0 Å². The van der Waals surface area contributed by atoms with E-state index in [0.717, 1.165) is 30.6 Å². The molecule has 0 unspecified atom stereocenters. The van der Waals surface area contributed by atoms with E-state index >= 15 is 0 Å². The minimum absolute atomic E-state index is 0.0634. The maximum atomic E-state index is 12.8. The van der Waals surface area contributed by atoms with Gasteiger partial charge in [-0.25, -0.2) is 8.42 Å². The molecule has 4 nitrogen and oxygen atoms in total. The largest absolute Gasteiger partial charge is 0.396 e. The van der Waals surface area contributed by atoms with E-state index in [1.165, 1.54) is 11.3 Å². The summed E-state index contributed by atoms with van der Waals surface area (Å²) < 4.78 is 27.6. The number of nitrogens with zero attached hydrogens (tertiary/aromatic N) is 1. The van der Waals surface area contributed by atoms with Crippen LogP contribution in [0.5, 0.6) is 0 Å². The first-order chi connectivity index (χ1) is 9.59. The highest BCUT2D eigenvalue weighted by molar-refractivity contribution is 7.91. The van der Waals surface area contributed by atoms with Gasteiger partial charge in [-0.2, -0.15) is 4.31 Å². The van der Waals surface area contributed by atoms with Crippen molar-refractivity contribution in [2.45, 2.75) is 36.3 Å². The summed E-state index contributed by atoms with van der Waals surface area (Å²) in [6.07, 6.45) is 5.19. The molecule has 112 valence electrons. The molecule has 0 spiro atoms. The highest BCUT2D eigenvalue weighted by atomic mass is 32.2. The van der Waals surface area contributed by atoms with E-state index in [9.17, 15) is 8.42 Å². The maximum Gasteiger partial charge on any atom is 0.252 e. The SMILES string of the molecule is O=S(=O)(c1ccc(CCO)s1)N(CC1CC1)CC1CC1. The van der Waals surface area contributed by atoms with Crippen molar-refractivity contribution in [2.75, 3.05) is 19.7 Å². The van der Waals surface area contributed by atoms with E-state index in [1.54, 1.807) is 10.4 Å². The lowest BCUT2D eigenvalue weighted by Gasteiger charge is -2.21. The summed E-state index contributed by atoms with van der Waals surface area (Å²) in [5, 5.41) is 8.94. The van der Waals surface area contributed by atoms with Gasteiger partial charge >= 0.3 is 0 Å². The Morgan fingerprint density at radius 1 is 1.15 bits per heavy atom. The molecule has 0 aromatic carbocycles. The Bertz CT molecular complexity index is 545. The van der Waals surface area contributed by atoms with Gasteiger partial charge < -0.3 is 5.11 Å². The summed E-state index contributed by atoms with van der Waals surface area (Å²) >= 11 is 1.30. The lowest BCUT2D eigenvalue weighted by molar-refractivity contribution is 0.300. The van der Waals surface area contributed by atoms with E-state index in [1.807, 2.05) is 6.07 Å². The van der Waals surface area contributed by atoms with Crippen LogP contribution < -0.4 is 0 Å². The molecule has 1 N–H and O–H groups in total. The minimum atomic E-state index is -3.34. The van der Waals surface area contributed by atoms with Crippen molar-refractivity contribution in [3.05, 3.63) is 17.0 Å². The van der Waals surface area contributed by atoms with Gasteiger partial charge in [0.2, 0.25) is 0 Å². The fourth-order valence-electron chi connectivity index (χ4n) is 2.32. The molecule has 0 aliphatic heterocycles. The van der Waals surface area contributed by atoms with Crippen molar-refractivity contribution in [2.24, 2.45) is 11.8 Å². The topological polar surface area (TPSA) is 57.6 Å². The van der Waals surface area contributed by atoms with Crippen molar-refractivity contribution < 1.29 is 13.5 Å². The van der Waals surface area contributed by atoms with Crippen LogP contribution in [0.3, 0.4) is 0 Å². The summed E-state index contributed by atoms with van der Waals surface area (Å²) in [5.41, 5.74) is 0. The van der Waals surface area contributed by atoms with Crippen LogP contribution >= 0.6 is 11.3 Å². The fraction of sp³-hybridized carbons (Fsp3) is 0.714. The molecule has 0 bridgehead atoms. The van der Waals surface area contributed by atoms with Crippen LogP contribution in [-0.2, 0) is 16.4 Å². The van der Waals surface area contributed by atoms with Gasteiger partial charge in [0, 0.05) is 31.0 Å². The summed E-state index contributed by atoms with van der Waals surface area (Å²) in [6.45, 7) is 1.44. The van der Waals surface area contributed by atoms with E-state index in [4.69, 9.17) is 5.11 Å². The Balaban J connectivity index is 1.77. The molecule has 1 heterocycles. The molecule has 2 fully saturated rings. The summed E-state index contributed by atoms with van der Waals surface area (Å²) in [4.78, 5) is 0.934. The smallest absolute Gasteiger partial charge is 0.252 e. The fourth-order valence-corrected chi connectivity index (χ4v) is 5.41. The molecule has 3 rings (SSSR count). The van der Waals surface area contributed by atoms with E-state index in [0.29, 0.717) is 35.6 Å². The summed E-state index contributed by atoms with van der Waals surface area (Å²) in [6, 6.07) is 3.51. The number of sulfonamides is 1. The first-order valence-electron chi connectivity index (χ1n) is 7.29. The van der Waals surface area contributed by atoms with Crippen molar-refractivity contribution in [3.8, 4) is 0 Å². The molecule has 0 radical (unpaired) electrons. The van der Waals surface area contributed by atoms with Crippen molar-refractivity contribution in [1.29, 1.82) is 0 Å². The highest BCUT2D eigenvalue weighted by Crippen LogP contribution is 2.37. The van der Waals surface area contributed by atoms with Gasteiger partial charge in [-0.3, -0.25) is 0 Å². The third-order valence-corrected chi connectivity index (χ3v) is 7.35. The molecule has 6 heteroatoms. The van der Waals surface area contributed by atoms with E-state index in [2.05, 4.69) is 0 Å². The van der Waals surface area contributed by atoms with Gasteiger partial charge in [-0.1, -0.05) is 0 Å². The molecule has 20 heavy (non-hydrogen) atoms. The van der Waals surface area contributed by atoms with E-state index in [-0.39, 0.29) is 6.61 Å². The Morgan fingerprint density at radius 3 is 2.25 bits per heavy atom. The normalized spacial score (nSPS) is 19.7. The third kappa shape index (κ3) is 3.42. The van der Waals surface area contributed by atoms with Crippen molar-refractivity contribution in [1.82, 2.24) is 4.31 Å². The molecule has 1 aromatic heterocycles. The molecule has 0 saturated heterocycles. The zero-order valence-corrected chi connectivity index (χ0v) is 13.1. The minimum Gasteiger partial charge on any atom is -0.396 e. The van der Waals surface area contributed by atoms with E-state index < -0.39 is 10.0 Å². The number of aliphatic hydroxyl groups excluding tert-OH is 1. The first-order valence-corrected chi connectivity index (χ1v) is 9.55. The predicted octanol–water partition coefficient (Wildman–Crippen LogP) is 2.09. The van der Waals surface area contributed by atoms with Gasteiger partial charge in [0.1, 0.15) is 4.21 Å². The average Bonchev–Trinajstić information content (AvgIpc) is 3.32. The number of thiophene rings is 1. The monoisotopic (exact) mass is 315 g/mol. The van der Waals surface area contributed by atoms with Crippen molar-refractivity contribution >= 4 is 21.4 Å². The van der Waals surface area contributed by atoms with Gasteiger partial charge in [0.15, 0.2) is 0 Å². The third-order valence-electron chi connectivity index (χ3n) is 3.91. The number of hydrogen-bond acceptors (Lipinski definition) is 4. The van der Waals surface area contributed by atoms with Gasteiger partial charge in [-0.15, -0.1) is 11.3 Å². The molecule has 2 saturated carbocycles. The molecule has 2 aliphatic carbocycles. The first kappa shape index (κ1) is 14.5. The van der Waals surface area contributed by atoms with Gasteiger partial charge in [-0.05, 0) is 49.7 Å². The van der Waals surface area contributed by atoms with Crippen LogP contribution in [0.2, 0.25) is 0 Å². The highest BCUT2D eigenvalue weighted by Gasteiger charge is 2.36. The molecular weight excluding hydrogens is 294 g/mol. The zero-order chi connectivity index (χ0) is 14.2.